The van der Waals surface area contributed by atoms with Crippen LogP contribution < -0.4 is 11.0 Å². The first kappa shape index (κ1) is 17.4. The van der Waals surface area contributed by atoms with Gasteiger partial charge in [-0.1, -0.05) is 31.9 Å². The second-order valence-electron chi connectivity index (χ2n) is 8.30. The summed E-state index contributed by atoms with van der Waals surface area (Å²) < 4.78 is 2.90. The zero-order chi connectivity index (χ0) is 19.3. The molecule has 2 aliphatic carbocycles. The molecule has 28 heavy (non-hydrogen) atoms. The summed E-state index contributed by atoms with van der Waals surface area (Å²) >= 11 is 0. The summed E-state index contributed by atoms with van der Waals surface area (Å²) in [5.41, 5.74) is 1.16. The molecule has 1 aromatic carbocycles. The van der Waals surface area contributed by atoms with E-state index in [9.17, 15) is 9.59 Å². The Morgan fingerprint density at radius 3 is 2.75 bits per heavy atom. The number of rotatable bonds is 4. The van der Waals surface area contributed by atoms with E-state index in [2.05, 4.69) is 17.3 Å². The van der Waals surface area contributed by atoms with Crippen molar-refractivity contribution >= 4 is 22.5 Å². The summed E-state index contributed by atoms with van der Waals surface area (Å²) in [5.74, 6) is 1.41. The molecule has 2 aliphatic rings. The number of nitrogens with one attached hydrogen (secondary N) is 1. The third kappa shape index (κ3) is 2.99. The van der Waals surface area contributed by atoms with Gasteiger partial charge < -0.3 is 5.32 Å². The van der Waals surface area contributed by atoms with Gasteiger partial charge in [-0.05, 0) is 43.7 Å². The molecule has 2 atom stereocenters. The van der Waals surface area contributed by atoms with E-state index in [1.165, 1.54) is 11.1 Å². The average Bonchev–Trinajstić information content (AvgIpc) is 3.49. The third-order valence-electron chi connectivity index (χ3n) is 6.14. The highest BCUT2D eigenvalue weighted by Gasteiger charge is 2.30. The number of aromatic nitrogens is 4. The molecule has 7 nitrogen and oxygen atoms in total. The highest BCUT2D eigenvalue weighted by atomic mass is 16.2. The molecule has 0 saturated heterocycles. The fraction of sp³-hybridized carbons (Fsp3) is 0.524. The molecule has 2 unspecified atom stereocenters. The minimum absolute atomic E-state index is 0.0534. The zero-order valence-electron chi connectivity index (χ0n) is 16.1. The van der Waals surface area contributed by atoms with Crippen molar-refractivity contribution in [2.45, 2.75) is 64.0 Å². The van der Waals surface area contributed by atoms with Crippen LogP contribution in [0.15, 0.2) is 29.1 Å². The van der Waals surface area contributed by atoms with E-state index in [0.29, 0.717) is 17.5 Å². The van der Waals surface area contributed by atoms with E-state index in [1.807, 2.05) is 24.3 Å². The zero-order valence-corrected chi connectivity index (χ0v) is 16.1. The molecule has 3 aromatic rings. The Morgan fingerprint density at radius 2 is 1.96 bits per heavy atom. The molecular formula is C21H25N5O2. The van der Waals surface area contributed by atoms with Crippen LogP contribution in [0.2, 0.25) is 0 Å². The van der Waals surface area contributed by atoms with Gasteiger partial charge in [0.2, 0.25) is 5.91 Å². The summed E-state index contributed by atoms with van der Waals surface area (Å²) in [6.07, 6.45) is 6.60. The monoisotopic (exact) mass is 379 g/mol. The number of nitrogens with zero attached hydrogens (tertiary/aromatic N) is 4. The Labute approximate surface area is 162 Å². The highest BCUT2D eigenvalue weighted by Crippen LogP contribution is 2.39. The lowest BCUT2D eigenvalue weighted by molar-refractivity contribution is -0.123. The first-order chi connectivity index (χ1) is 13.6. The van der Waals surface area contributed by atoms with Gasteiger partial charge in [0.25, 0.3) is 0 Å². The number of para-hydroxylation sites is 1. The van der Waals surface area contributed by atoms with Crippen LogP contribution in [0.5, 0.6) is 0 Å². The van der Waals surface area contributed by atoms with E-state index in [-0.39, 0.29) is 24.2 Å². The van der Waals surface area contributed by atoms with Crippen molar-refractivity contribution in [2.75, 3.05) is 0 Å². The molecule has 0 aliphatic heterocycles. The maximum Gasteiger partial charge on any atom is 0.352 e. The van der Waals surface area contributed by atoms with Crippen LogP contribution in [0.1, 0.15) is 57.2 Å². The van der Waals surface area contributed by atoms with Gasteiger partial charge in [0.1, 0.15) is 12.4 Å². The Hall–Kier alpha value is -2.70. The van der Waals surface area contributed by atoms with Crippen molar-refractivity contribution in [2.24, 2.45) is 5.92 Å². The first-order valence-electron chi connectivity index (χ1n) is 10.3. The fourth-order valence-electron chi connectivity index (χ4n) is 4.36. The van der Waals surface area contributed by atoms with E-state index in [0.717, 1.165) is 48.8 Å². The first-order valence-corrected chi connectivity index (χ1v) is 10.3. The fourth-order valence-corrected chi connectivity index (χ4v) is 4.36. The number of benzene rings is 1. The minimum atomic E-state index is -0.276. The molecule has 0 bridgehead atoms. The summed E-state index contributed by atoms with van der Waals surface area (Å²) in [7, 11) is 0. The maximum absolute atomic E-state index is 13.1. The van der Waals surface area contributed by atoms with Gasteiger partial charge in [0.05, 0.1) is 5.52 Å². The van der Waals surface area contributed by atoms with Gasteiger partial charge in [-0.3, -0.25) is 4.79 Å². The Balaban J connectivity index is 1.51. The number of carbonyl (C=O) groups is 1. The van der Waals surface area contributed by atoms with Gasteiger partial charge in [0.15, 0.2) is 5.65 Å². The predicted octanol–water partition coefficient (Wildman–Crippen LogP) is 2.62. The molecule has 1 amide bonds. The highest BCUT2D eigenvalue weighted by molar-refractivity contribution is 5.91. The Kier molecular flexibility index (Phi) is 4.18. The minimum Gasteiger partial charge on any atom is -0.351 e. The summed E-state index contributed by atoms with van der Waals surface area (Å²) in [5, 5.41) is 8.48. The average molecular weight is 379 g/mol. The molecule has 7 heteroatoms. The molecule has 0 spiro atoms. The molecule has 2 saturated carbocycles. The molecule has 2 aromatic heterocycles. The van der Waals surface area contributed by atoms with Gasteiger partial charge in [0, 0.05) is 17.3 Å². The number of hydrogen-bond donors (Lipinski definition) is 1. The topological polar surface area (TPSA) is 81.3 Å². The standard InChI is InChI=1S/C21H25N5O2/c1-13-6-2-4-8-16(13)22-18(27)12-25-21(28)26-19(14-10-11-14)23-17-9-5-3-7-15(17)20(26)24-25/h3,5,7,9,13-14,16H,2,4,6,8,10-12H2,1H3,(H,22,27). The van der Waals surface area contributed by atoms with E-state index < -0.39 is 0 Å². The van der Waals surface area contributed by atoms with E-state index >= 15 is 0 Å². The molecule has 1 N–H and O–H groups in total. The summed E-state index contributed by atoms with van der Waals surface area (Å²) in [6.45, 7) is 2.13. The van der Waals surface area contributed by atoms with Gasteiger partial charge >= 0.3 is 5.69 Å². The van der Waals surface area contributed by atoms with E-state index in [1.54, 1.807) is 4.40 Å². The van der Waals surface area contributed by atoms with Crippen LogP contribution >= 0.6 is 0 Å². The molecule has 0 radical (unpaired) electrons. The molecular weight excluding hydrogens is 354 g/mol. The SMILES string of the molecule is CC1CCCCC1NC(=O)Cn1nc2c3ccccc3nc(C3CC3)n2c1=O. The van der Waals surface area contributed by atoms with E-state index in [4.69, 9.17) is 4.98 Å². The van der Waals surface area contributed by atoms with Crippen molar-refractivity contribution in [3.05, 3.63) is 40.6 Å². The second kappa shape index (κ2) is 6.72. The largest absolute Gasteiger partial charge is 0.352 e. The van der Waals surface area contributed by atoms with Crippen LogP contribution in [0, 0.1) is 5.92 Å². The smallest absolute Gasteiger partial charge is 0.351 e. The normalized spacial score (nSPS) is 22.6. The van der Waals surface area contributed by atoms with Gasteiger partial charge in [-0.25, -0.2) is 18.9 Å². The number of hydrogen-bond acceptors (Lipinski definition) is 4. The van der Waals surface area contributed by atoms with Crippen molar-refractivity contribution in [1.29, 1.82) is 0 Å². The van der Waals surface area contributed by atoms with Crippen molar-refractivity contribution in [1.82, 2.24) is 24.5 Å². The lowest BCUT2D eigenvalue weighted by atomic mass is 9.86. The van der Waals surface area contributed by atoms with Gasteiger partial charge in [-0.15, -0.1) is 5.10 Å². The lowest BCUT2D eigenvalue weighted by Gasteiger charge is -2.29. The third-order valence-corrected chi connectivity index (χ3v) is 6.14. The van der Waals surface area contributed by atoms with Crippen molar-refractivity contribution < 1.29 is 4.79 Å². The Bertz CT molecular complexity index is 1110. The van der Waals surface area contributed by atoms with Crippen LogP contribution in [-0.4, -0.2) is 31.1 Å². The molecule has 5 rings (SSSR count). The molecule has 146 valence electrons. The second-order valence-corrected chi connectivity index (χ2v) is 8.30. The number of fused-ring (bicyclic) bond motifs is 3. The van der Waals surface area contributed by atoms with Crippen LogP contribution in [0.25, 0.3) is 16.6 Å². The predicted molar refractivity (Wildman–Crippen MR) is 106 cm³/mol. The lowest BCUT2D eigenvalue weighted by Crippen LogP contribution is -2.43. The van der Waals surface area contributed by atoms with Crippen LogP contribution in [0.4, 0.5) is 0 Å². The number of amides is 1. The Morgan fingerprint density at radius 1 is 1.18 bits per heavy atom. The van der Waals surface area contributed by atoms with Gasteiger partial charge in [-0.2, -0.15) is 0 Å². The number of carbonyl (C=O) groups excluding carboxylic acids is 1. The molecule has 2 heterocycles. The van der Waals surface area contributed by atoms with Crippen LogP contribution in [-0.2, 0) is 11.3 Å². The maximum atomic E-state index is 13.1. The van der Waals surface area contributed by atoms with Crippen molar-refractivity contribution in [3.8, 4) is 0 Å². The van der Waals surface area contributed by atoms with Crippen molar-refractivity contribution in [3.63, 3.8) is 0 Å². The summed E-state index contributed by atoms with van der Waals surface area (Å²) in [6, 6.07) is 7.92. The quantitative estimate of drug-likeness (QED) is 0.756. The van der Waals surface area contributed by atoms with Crippen LogP contribution in [0.3, 0.4) is 0 Å². The molecule has 2 fully saturated rings. The summed E-state index contributed by atoms with van der Waals surface area (Å²) in [4.78, 5) is 30.4.